The molecule has 0 amide bonds. The Morgan fingerprint density at radius 3 is 2.10 bits per heavy atom. The number of benzene rings is 1. The molecule has 3 nitrogen and oxygen atoms in total. The highest BCUT2D eigenvalue weighted by Gasteiger charge is 2.14. The fourth-order valence-corrected chi connectivity index (χ4v) is 2.68. The van der Waals surface area contributed by atoms with Gasteiger partial charge in [0.05, 0.1) is 0 Å². The second-order valence-corrected chi connectivity index (χ2v) is 5.79. The summed E-state index contributed by atoms with van der Waals surface area (Å²) in [6.45, 7) is 6.19. The van der Waals surface area contributed by atoms with Crippen LogP contribution in [0.1, 0.15) is 31.0 Å². The van der Waals surface area contributed by atoms with Crippen molar-refractivity contribution in [1.29, 1.82) is 0 Å². The van der Waals surface area contributed by atoms with Crippen molar-refractivity contribution >= 4 is 17.3 Å². The molecule has 0 N–H and O–H groups in total. The Hall–Kier alpha value is -1.61. The minimum Gasteiger partial charge on any atom is -0.378 e. The van der Waals surface area contributed by atoms with Crippen LogP contribution < -0.4 is 4.90 Å². The molecule has 0 unspecified atom stereocenters. The monoisotopic (exact) mass is 289 g/mol. The Balaban J connectivity index is 2.43. The third kappa shape index (κ3) is 2.93. The van der Waals surface area contributed by atoms with Crippen molar-refractivity contribution in [1.82, 2.24) is 9.97 Å². The molecule has 0 aliphatic rings. The zero-order valence-corrected chi connectivity index (χ0v) is 13.4. The molecule has 0 spiro atoms. The van der Waals surface area contributed by atoms with Crippen LogP contribution in [0.3, 0.4) is 0 Å². The van der Waals surface area contributed by atoms with Crippen LogP contribution in [0.5, 0.6) is 0 Å². The van der Waals surface area contributed by atoms with Crippen LogP contribution >= 0.6 is 11.6 Å². The summed E-state index contributed by atoms with van der Waals surface area (Å²) in [5.74, 6) is 1.01. The quantitative estimate of drug-likeness (QED) is 0.789. The maximum absolute atomic E-state index is 6.30. The smallest absolute Gasteiger partial charge is 0.161 e. The first kappa shape index (κ1) is 14.8. The second-order valence-electron chi connectivity index (χ2n) is 5.43. The van der Waals surface area contributed by atoms with E-state index >= 15 is 0 Å². The molecule has 1 aromatic heterocycles. The van der Waals surface area contributed by atoms with Gasteiger partial charge in [0.25, 0.3) is 0 Å². The molecule has 2 aromatic rings. The van der Waals surface area contributed by atoms with E-state index in [9.17, 15) is 0 Å². The van der Waals surface area contributed by atoms with Crippen molar-refractivity contribution < 1.29 is 0 Å². The fraction of sp³-hybridized carbons (Fsp3) is 0.375. The van der Waals surface area contributed by atoms with E-state index in [1.54, 1.807) is 0 Å². The van der Waals surface area contributed by atoms with Gasteiger partial charge in [-0.2, -0.15) is 0 Å². The normalized spacial score (nSPS) is 10.9. The van der Waals surface area contributed by atoms with Crippen molar-refractivity contribution in [2.24, 2.45) is 0 Å². The van der Waals surface area contributed by atoms with E-state index < -0.39 is 0 Å². The van der Waals surface area contributed by atoms with Crippen molar-refractivity contribution in [3.63, 3.8) is 0 Å². The molecule has 2 rings (SSSR count). The van der Waals surface area contributed by atoms with Crippen LogP contribution in [-0.4, -0.2) is 24.1 Å². The lowest BCUT2D eigenvalue weighted by atomic mass is 10.0. The molecule has 1 aromatic carbocycles. The van der Waals surface area contributed by atoms with Crippen molar-refractivity contribution in [3.05, 3.63) is 40.7 Å². The van der Waals surface area contributed by atoms with Crippen LogP contribution in [-0.2, 0) is 0 Å². The van der Waals surface area contributed by atoms with Crippen molar-refractivity contribution in [2.45, 2.75) is 26.7 Å². The summed E-state index contributed by atoms with van der Waals surface area (Å²) < 4.78 is 0. The number of nitrogens with zero attached hydrogens (tertiary/aromatic N) is 3. The van der Waals surface area contributed by atoms with Gasteiger partial charge in [0, 0.05) is 36.6 Å². The molecule has 0 aliphatic heterocycles. The number of rotatable bonds is 3. The third-order valence-electron chi connectivity index (χ3n) is 3.31. The number of aromatic nitrogens is 2. The molecule has 0 radical (unpaired) electrons. The van der Waals surface area contributed by atoms with Crippen LogP contribution in [0.15, 0.2) is 24.3 Å². The van der Waals surface area contributed by atoms with Gasteiger partial charge in [-0.05, 0) is 37.1 Å². The van der Waals surface area contributed by atoms with E-state index in [2.05, 4.69) is 40.8 Å². The minimum absolute atomic E-state index is 0.327. The number of aryl methyl sites for hydroxylation is 1. The highest BCUT2D eigenvalue weighted by molar-refractivity contribution is 6.30. The topological polar surface area (TPSA) is 29.0 Å². The van der Waals surface area contributed by atoms with Gasteiger partial charge in [-0.15, -0.1) is 0 Å². The lowest BCUT2D eigenvalue weighted by Crippen LogP contribution is -2.08. The molecule has 106 valence electrons. The summed E-state index contributed by atoms with van der Waals surface area (Å²) in [7, 11) is 4.04. The van der Waals surface area contributed by atoms with Gasteiger partial charge in [0.2, 0.25) is 0 Å². The van der Waals surface area contributed by atoms with E-state index in [0.29, 0.717) is 16.9 Å². The summed E-state index contributed by atoms with van der Waals surface area (Å²) >= 11 is 6.30. The molecular weight excluding hydrogens is 270 g/mol. The number of anilines is 1. The molecule has 0 bridgehead atoms. The molecule has 20 heavy (non-hydrogen) atoms. The maximum Gasteiger partial charge on any atom is 0.161 e. The van der Waals surface area contributed by atoms with Gasteiger partial charge >= 0.3 is 0 Å². The average molecular weight is 290 g/mol. The zero-order valence-electron chi connectivity index (χ0n) is 12.6. The maximum atomic E-state index is 6.30. The first-order chi connectivity index (χ1) is 9.40. The summed E-state index contributed by atoms with van der Waals surface area (Å²) in [5.41, 5.74) is 4.11. The molecule has 4 heteroatoms. The predicted molar refractivity (Wildman–Crippen MR) is 85.6 cm³/mol. The Morgan fingerprint density at radius 1 is 1.05 bits per heavy atom. The lowest BCUT2D eigenvalue weighted by Gasteiger charge is -2.14. The molecule has 0 aliphatic carbocycles. The van der Waals surface area contributed by atoms with Crippen LogP contribution in [0, 0.1) is 6.92 Å². The molecular formula is C16H20ClN3. The first-order valence-electron chi connectivity index (χ1n) is 6.72. The van der Waals surface area contributed by atoms with Gasteiger partial charge < -0.3 is 4.90 Å². The third-order valence-corrected chi connectivity index (χ3v) is 3.60. The molecule has 1 heterocycles. The Kier molecular flexibility index (Phi) is 4.29. The number of hydrogen-bond acceptors (Lipinski definition) is 3. The van der Waals surface area contributed by atoms with E-state index in [0.717, 1.165) is 22.5 Å². The van der Waals surface area contributed by atoms with Gasteiger partial charge in [0.15, 0.2) is 5.82 Å². The lowest BCUT2D eigenvalue weighted by molar-refractivity contribution is 0.831. The summed E-state index contributed by atoms with van der Waals surface area (Å²) in [5, 5.41) is 0.555. The summed E-state index contributed by atoms with van der Waals surface area (Å²) in [6.07, 6.45) is 0. The van der Waals surface area contributed by atoms with Gasteiger partial charge in [-0.3, -0.25) is 0 Å². The van der Waals surface area contributed by atoms with E-state index in [1.807, 2.05) is 33.2 Å². The summed E-state index contributed by atoms with van der Waals surface area (Å²) in [4.78, 5) is 11.1. The number of halogens is 1. The zero-order chi connectivity index (χ0) is 14.9. The van der Waals surface area contributed by atoms with Crippen LogP contribution in [0.4, 0.5) is 5.69 Å². The predicted octanol–water partition coefficient (Wildman–Crippen LogP) is 4.29. The molecule has 0 fully saturated rings. The van der Waals surface area contributed by atoms with Gasteiger partial charge in [0.1, 0.15) is 5.15 Å². The highest BCUT2D eigenvalue weighted by atomic mass is 35.5. The Morgan fingerprint density at radius 2 is 1.65 bits per heavy atom. The van der Waals surface area contributed by atoms with E-state index in [1.165, 1.54) is 0 Å². The minimum atomic E-state index is 0.327. The van der Waals surface area contributed by atoms with Gasteiger partial charge in [-0.25, -0.2) is 9.97 Å². The average Bonchev–Trinajstić information content (AvgIpc) is 2.37. The molecule has 0 saturated carbocycles. The Labute approximate surface area is 125 Å². The van der Waals surface area contributed by atoms with E-state index in [4.69, 9.17) is 11.6 Å². The molecule has 0 atom stereocenters. The summed E-state index contributed by atoms with van der Waals surface area (Å²) in [6, 6.07) is 8.15. The van der Waals surface area contributed by atoms with E-state index in [-0.39, 0.29) is 0 Å². The second kappa shape index (κ2) is 5.80. The molecule has 0 saturated heterocycles. The largest absolute Gasteiger partial charge is 0.378 e. The first-order valence-corrected chi connectivity index (χ1v) is 7.09. The van der Waals surface area contributed by atoms with Crippen LogP contribution in [0.2, 0.25) is 5.15 Å². The SMILES string of the molecule is Cc1nc(-c2ccc(N(C)C)cc2)nc(Cl)c1C(C)C. The van der Waals surface area contributed by atoms with Crippen LogP contribution in [0.25, 0.3) is 11.4 Å². The van der Waals surface area contributed by atoms with Crippen molar-refractivity contribution in [3.8, 4) is 11.4 Å². The fourth-order valence-electron chi connectivity index (χ4n) is 2.24. The van der Waals surface area contributed by atoms with Crippen molar-refractivity contribution in [2.75, 3.05) is 19.0 Å². The number of hydrogen-bond donors (Lipinski definition) is 0. The highest BCUT2D eigenvalue weighted by Crippen LogP contribution is 2.28. The van der Waals surface area contributed by atoms with Gasteiger partial charge in [-0.1, -0.05) is 25.4 Å². The standard InChI is InChI=1S/C16H20ClN3/c1-10(2)14-11(3)18-16(19-15(14)17)12-6-8-13(9-7-12)20(4)5/h6-10H,1-5H3. The Bertz CT molecular complexity index is 581.